The van der Waals surface area contributed by atoms with Crippen molar-refractivity contribution in [2.45, 2.75) is 44.6 Å². The number of aliphatic hydroxyl groups is 1. The Balaban J connectivity index is 2.02. The van der Waals surface area contributed by atoms with Crippen molar-refractivity contribution in [1.82, 2.24) is 0 Å². The molecule has 1 aromatic heterocycles. The van der Waals surface area contributed by atoms with Crippen LogP contribution < -0.4 is 0 Å². The first-order chi connectivity index (χ1) is 7.27. The smallest absolute Gasteiger partial charge is 0.0932 e. The van der Waals surface area contributed by atoms with Crippen LogP contribution in [0.25, 0.3) is 0 Å². The molecule has 0 saturated heterocycles. The van der Waals surface area contributed by atoms with Crippen LogP contribution in [-0.2, 0) is 0 Å². The molecule has 0 spiro atoms. The van der Waals surface area contributed by atoms with Gasteiger partial charge in [-0.1, -0.05) is 37.3 Å². The molecule has 15 heavy (non-hydrogen) atoms. The van der Waals surface area contributed by atoms with E-state index in [4.69, 9.17) is 11.6 Å². The lowest BCUT2D eigenvalue weighted by molar-refractivity contribution is 0.102. The van der Waals surface area contributed by atoms with Gasteiger partial charge in [0.05, 0.1) is 10.4 Å². The predicted molar refractivity (Wildman–Crippen MR) is 65.5 cm³/mol. The monoisotopic (exact) mass is 244 g/mol. The van der Waals surface area contributed by atoms with Crippen LogP contribution in [0.15, 0.2) is 12.1 Å². The first kappa shape index (κ1) is 11.4. The van der Waals surface area contributed by atoms with Crippen LogP contribution >= 0.6 is 22.9 Å². The highest BCUT2D eigenvalue weighted by Crippen LogP contribution is 2.37. The molecule has 1 aromatic rings. The molecule has 1 saturated carbocycles. The van der Waals surface area contributed by atoms with Crippen LogP contribution in [0, 0.1) is 5.92 Å². The minimum atomic E-state index is -0.291. The van der Waals surface area contributed by atoms with E-state index >= 15 is 0 Å². The fraction of sp³-hybridized carbons (Fsp3) is 0.667. The Morgan fingerprint density at radius 2 is 1.87 bits per heavy atom. The number of thiophene rings is 1. The van der Waals surface area contributed by atoms with Crippen molar-refractivity contribution < 1.29 is 5.11 Å². The lowest BCUT2D eigenvalue weighted by Crippen LogP contribution is -2.10. The second kappa shape index (κ2) is 5.33. The van der Waals surface area contributed by atoms with E-state index in [1.807, 2.05) is 12.1 Å². The maximum atomic E-state index is 10.2. The van der Waals surface area contributed by atoms with Gasteiger partial charge in [0.1, 0.15) is 0 Å². The first-order valence-electron chi connectivity index (χ1n) is 5.70. The summed E-state index contributed by atoms with van der Waals surface area (Å²) in [7, 11) is 0. The van der Waals surface area contributed by atoms with Crippen molar-refractivity contribution in [3.8, 4) is 0 Å². The molecule has 1 nitrogen and oxygen atoms in total. The lowest BCUT2D eigenvalue weighted by atomic mass is 9.93. The van der Waals surface area contributed by atoms with Gasteiger partial charge < -0.3 is 5.11 Å². The highest BCUT2D eigenvalue weighted by atomic mass is 35.5. The third-order valence-corrected chi connectivity index (χ3v) is 4.53. The average molecular weight is 245 g/mol. The fourth-order valence-corrected chi connectivity index (χ4v) is 3.49. The molecule has 2 rings (SSSR count). The quantitative estimate of drug-likeness (QED) is 0.765. The van der Waals surface area contributed by atoms with Gasteiger partial charge in [-0.3, -0.25) is 0 Å². The van der Waals surface area contributed by atoms with E-state index in [0.29, 0.717) is 5.92 Å². The molecule has 1 heterocycles. The van der Waals surface area contributed by atoms with Crippen molar-refractivity contribution in [1.29, 1.82) is 0 Å². The molecule has 0 bridgehead atoms. The largest absolute Gasteiger partial charge is 0.387 e. The summed E-state index contributed by atoms with van der Waals surface area (Å²) in [5.41, 5.74) is 0. The highest BCUT2D eigenvalue weighted by molar-refractivity contribution is 7.16. The van der Waals surface area contributed by atoms with Crippen molar-refractivity contribution >= 4 is 22.9 Å². The predicted octanol–water partition coefficient (Wildman–Crippen LogP) is 4.41. The Labute approximate surface area is 100 Å². The van der Waals surface area contributed by atoms with E-state index < -0.39 is 0 Å². The third-order valence-electron chi connectivity index (χ3n) is 3.23. The molecule has 0 aliphatic heterocycles. The molecular formula is C12H17ClOS. The van der Waals surface area contributed by atoms with E-state index in [-0.39, 0.29) is 6.10 Å². The minimum Gasteiger partial charge on any atom is -0.387 e. The topological polar surface area (TPSA) is 20.2 Å². The molecule has 1 unspecified atom stereocenters. The minimum absolute atomic E-state index is 0.291. The summed E-state index contributed by atoms with van der Waals surface area (Å²) in [4.78, 5) is 1.03. The molecule has 1 N–H and O–H groups in total. The molecule has 1 atom stereocenters. The van der Waals surface area contributed by atoms with Crippen molar-refractivity contribution in [2.75, 3.05) is 0 Å². The maximum Gasteiger partial charge on any atom is 0.0932 e. The summed E-state index contributed by atoms with van der Waals surface area (Å²) in [6.07, 6.45) is 7.22. The summed E-state index contributed by atoms with van der Waals surface area (Å²) >= 11 is 7.39. The van der Waals surface area contributed by atoms with Gasteiger partial charge in [0, 0.05) is 4.88 Å². The van der Waals surface area contributed by atoms with Crippen molar-refractivity contribution in [3.63, 3.8) is 0 Å². The molecule has 1 fully saturated rings. The van der Waals surface area contributed by atoms with Gasteiger partial charge in [0.25, 0.3) is 0 Å². The number of halogens is 1. The van der Waals surface area contributed by atoms with Crippen LogP contribution in [0.4, 0.5) is 0 Å². The zero-order chi connectivity index (χ0) is 10.7. The van der Waals surface area contributed by atoms with Crippen LogP contribution in [0.5, 0.6) is 0 Å². The molecule has 1 aliphatic rings. The lowest BCUT2D eigenvalue weighted by Gasteiger charge is -2.19. The summed E-state index contributed by atoms with van der Waals surface area (Å²) in [5.74, 6) is 0.446. The Kier molecular flexibility index (Phi) is 4.06. The summed E-state index contributed by atoms with van der Waals surface area (Å²) < 4.78 is 0.776. The van der Waals surface area contributed by atoms with Crippen LogP contribution in [0.1, 0.15) is 49.5 Å². The Morgan fingerprint density at radius 1 is 1.20 bits per heavy atom. The second-order valence-electron chi connectivity index (χ2n) is 4.34. The fourth-order valence-electron chi connectivity index (χ4n) is 2.35. The van der Waals surface area contributed by atoms with E-state index in [0.717, 1.165) is 22.1 Å². The van der Waals surface area contributed by atoms with Crippen LogP contribution in [-0.4, -0.2) is 5.11 Å². The highest BCUT2D eigenvalue weighted by Gasteiger charge is 2.23. The molecule has 1 aliphatic carbocycles. The molecule has 3 heteroatoms. The Hall–Kier alpha value is -0.0500. The number of hydrogen-bond donors (Lipinski definition) is 1. The normalized spacial score (nSPS) is 21.2. The van der Waals surface area contributed by atoms with Gasteiger partial charge in [-0.25, -0.2) is 0 Å². The SMILES string of the molecule is OC(c1ccc(Cl)s1)C1CCCCCC1. The molecule has 0 radical (unpaired) electrons. The molecule has 0 amide bonds. The summed E-state index contributed by atoms with van der Waals surface area (Å²) in [6.45, 7) is 0. The van der Waals surface area contributed by atoms with Gasteiger partial charge in [-0.2, -0.15) is 0 Å². The Morgan fingerprint density at radius 3 is 2.40 bits per heavy atom. The zero-order valence-electron chi connectivity index (χ0n) is 8.79. The summed E-state index contributed by atoms with van der Waals surface area (Å²) in [6, 6.07) is 3.84. The van der Waals surface area contributed by atoms with Gasteiger partial charge in [0.2, 0.25) is 0 Å². The zero-order valence-corrected chi connectivity index (χ0v) is 10.4. The van der Waals surface area contributed by atoms with E-state index in [1.165, 1.54) is 37.0 Å². The van der Waals surface area contributed by atoms with E-state index in [9.17, 15) is 5.11 Å². The Bertz CT molecular complexity index is 302. The number of hydrogen-bond acceptors (Lipinski definition) is 2. The maximum absolute atomic E-state index is 10.2. The molecular weight excluding hydrogens is 228 g/mol. The molecule has 0 aromatic carbocycles. The van der Waals surface area contributed by atoms with Crippen LogP contribution in [0.3, 0.4) is 0 Å². The van der Waals surface area contributed by atoms with E-state index in [1.54, 1.807) is 0 Å². The van der Waals surface area contributed by atoms with Gasteiger partial charge in [-0.15, -0.1) is 11.3 Å². The van der Waals surface area contributed by atoms with E-state index in [2.05, 4.69) is 0 Å². The average Bonchev–Trinajstić information content (AvgIpc) is 2.53. The van der Waals surface area contributed by atoms with Gasteiger partial charge in [0.15, 0.2) is 0 Å². The standard InChI is InChI=1S/C12H17ClOS/c13-11-8-7-10(15-11)12(14)9-5-3-1-2-4-6-9/h7-9,12,14H,1-6H2. The summed E-state index contributed by atoms with van der Waals surface area (Å²) in [5, 5.41) is 10.2. The van der Waals surface area contributed by atoms with Gasteiger partial charge >= 0.3 is 0 Å². The number of aliphatic hydroxyl groups excluding tert-OH is 1. The van der Waals surface area contributed by atoms with Crippen LogP contribution in [0.2, 0.25) is 4.34 Å². The van der Waals surface area contributed by atoms with Crippen molar-refractivity contribution in [2.24, 2.45) is 5.92 Å². The van der Waals surface area contributed by atoms with Gasteiger partial charge in [-0.05, 0) is 30.9 Å². The van der Waals surface area contributed by atoms with Crippen molar-refractivity contribution in [3.05, 3.63) is 21.3 Å². The number of rotatable bonds is 2. The third kappa shape index (κ3) is 2.96. The first-order valence-corrected chi connectivity index (χ1v) is 6.90. The molecule has 84 valence electrons. The second-order valence-corrected chi connectivity index (χ2v) is 6.09.